The Hall–Kier alpha value is -2.10. The van der Waals surface area contributed by atoms with Gasteiger partial charge in [-0.05, 0) is 12.1 Å². The highest BCUT2D eigenvalue weighted by Gasteiger charge is 2.41. The van der Waals surface area contributed by atoms with Crippen molar-refractivity contribution in [1.82, 2.24) is 5.32 Å². The minimum absolute atomic E-state index is 0.0676. The largest absolute Gasteiger partial charge is 0.380 e. The molecule has 1 aromatic carbocycles. The lowest BCUT2D eigenvalue weighted by Gasteiger charge is -2.41. The number of fused-ring (bicyclic) bond motifs is 1. The molecule has 0 radical (unpaired) electrons. The molecule has 0 aliphatic carbocycles. The molecule has 1 aromatic rings. The first kappa shape index (κ1) is 15.3. The number of anilines is 1. The van der Waals surface area contributed by atoms with Gasteiger partial charge < -0.3 is 10.6 Å². The minimum atomic E-state index is -0.309. The summed E-state index contributed by atoms with van der Waals surface area (Å²) in [5.41, 5.74) is 1.26. The number of ketones is 1. The highest BCUT2D eigenvalue weighted by Crippen LogP contribution is 2.37. The number of carbonyl (C=O) groups excluding carboxylic acids is 2. The Morgan fingerprint density at radius 1 is 1.43 bits per heavy atom. The van der Waals surface area contributed by atoms with Crippen LogP contribution in [0.5, 0.6) is 0 Å². The number of carbonyl (C=O) groups is 2. The van der Waals surface area contributed by atoms with Crippen LogP contribution in [-0.2, 0) is 4.79 Å². The van der Waals surface area contributed by atoms with Crippen molar-refractivity contribution in [2.24, 2.45) is 11.3 Å². The molecule has 112 valence electrons. The van der Waals surface area contributed by atoms with Gasteiger partial charge >= 0.3 is 0 Å². The average molecular weight is 286 g/mol. The summed E-state index contributed by atoms with van der Waals surface area (Å²) in [6.07, 6.45) is 1.85. The molecule has 2 unspecified atom stereocenters. The van der Waals surface area contributed by atoms with Crippen LogP contribution in [0.2, 0.25) is 0 Å². The van der Waals surface area contributed by atoms with Gasteiger partial charge in [0, 0.05) is 36.2 Å². The Morgan fingerprint density at radius 3 is 2.71 bits per heavy atom. The van der Waals surface area contributed by atoms with Crippen molar-refractivity contribution in [3.05, 3.63) is 42.5 Å². The van der Waals surface area contributed by atoms with Crippen LogP contribution in [0.3, 0.4) is 0 Å². The van der Waals surface area contributed by atoms with Gasteiger partial charge in [0.15, 0.2) is 5.78 Å². The van der Waals surface area contributed by atoms with Crippen LogP contribution in [-0.4, -0.2) is 24.3 Å². The van der Waals surface area contributed by atoms with Crippen LogP contribution in [0, 0.1) is 11.3 Å². The van der Waals surface area contributed by atoms with E-state index in [-0.39, 0.29) is 29.1 Å². The molecule has 1 heterocycles. The number of benzene rings is 1. The zero-order valence-electron chi connectivity index (χ0n) is 12.8. The second-order valence-corrected chi connectivity index (χ2v) is 6.10. The molecule has 4 nitrogen and oxygen atoms in total. The molecule has 0 bridgehead atoms. The Morgan fingerprint density at radius 2 is 2.10 bits per heavy atom. The topological polar surface area (TPSA) is 58.2 Å². The molecule has 0 fully saturated rings. The highest BCUT2D eigenvalue weighted by molar-refractivity contribution is 6.05. The Bertz CT molecular complexity index is 578. The minimum Gasteiger partial charge on any atom is -0.380 e. The summed E-state index contributed by atoms with van der Waals surface area (Å²) in [5.74, 6) is -0.369. The third-order valence-electron chi connectivity index (χ3n) is 4.14. The molecule has 21 heavy (non-hydrogen) atoms. The lowest BCUT2D eigenvalue weighted by molar-refractivity contribution is -0.119. The lowest BCUT2D eigenvalue weighted by atomic mass is 9.72. The van der Waals surface area contributed by atoms with Crippen LogP contribution in [0.1, 0.15) is 31.1 Å². The fourth-order valence-electron chi connectivity index (χ4n) is 2.74. The van der Waals surface area contributed by atoms with E-state index in [1.807, 2.05) is 44.2 Å². The lowest BCUT2D eigenvalue weighted by Crippen LogP contribution is -2.51. The summed E-state index contributed by atoms with van der Waals surface area (Å²) in [5, 5.41) is 6.22. The predicted molar refractivity (Wildman–Crippen MR) is 84.3 cm³/mol. The van der Waals surface area contributed by atoms with Crippen molar-refractivity contribution < 1.29 is 9.59 Å². The van der Waals surface area contributed by atoms with Crippen LogP contribution in [0.25, 0.3) is 0 Å². The smallest absolute Gasteiger partial charge is 0.216 e. The SMILES string of the molecule is C=CC(C)(C)C1Nc2ccccc2C(=O)C1CNC(C)=O. The number of hydrogen-bond donors (Lipinski definition) is 2. The van der Waals surface area contributed by atoms with Crippen molar-refractivity contribution in [2.75, 3.05) is 11.9 Å². The number of nitrogens with one attached hydrogen (secondary N) is 2. The van der Waals surface area contributed by atoms with Gasteiger partial charge in [-0.15, -0.1) is 6.58 Å². The third kappa shape index (κ3) is 2.99. The summed E-state index contributed by atoms with van der Waals surface area (Å²) in [4.78, 5) is 24.0. The highest BCUT2D eigenvalue weighted by atomic mass is 16.1. The van der Waals surface area contributed by atoms with Crippen LogP contribution in [0.15, 0.2) is 36.9 Å². The third-order valence-corrected chi connectivity index (χ3v) is 4.14. The van der Waals surface area contributed by atoms with E-state index < -0.39 is 0 Å². The van der Waals surface area contributed by atoms with Gasteiger partial charge in [-0.2, -0.15) is 0 Å². The van der Waals surface area contributed by atoms with Gasteiger partial charge in [-0.25, -0.2) is 0 Å². The molecule has 0 saturated carbocycles. The van der Waals surface area contributed by atoms with Crippen LogP contribution in [0.4, 0.5) is 5.69 Å². The van der Waals surface area contributed by atoms with Gasteiger partial charge in [0.1, 0.15) is 0 Å². The second-order valence-electron chi connectivity index (χ2n) is 6.10. The number of Topliss-reactive ketones (excluding diaryl/α,β-unsaturated/α-hetero) is 1. The zero-order chi connectivity index (χ0) is 15.6. The van der Waals surface area contributed by atoms with Gasteiger partial charge in [0.05, 0.1) is 5.92 Å². The van der Waals surface area contributed by atoms with Crippen molar-refractivity contribution in [3.63, 3.8) is 0 Å². The van der Waals surface area contributed by atoms with Crippen molar-refractivity contribution in [1.29, 1.82) is 0 Å². The number of para-hydroxylation sites is 1. The summed E-state index contributed by atoms with van der Waals surface area (Å²) < 4.78 is 0. The van der Waals surface area contributed by atoms with Gasteiger partial charge in [0.25, 0.3) is 0 Å². The van der Waals surface area contributed by atoms with E-state index >= 15 is 0 Å². The molecule has 4 heteroatoms. The maximum atomic E-state index is 12.8. The van der Waals surface area contributed by atoms with E-state index in [4.69, 9.17) is 0 Å². The number of rotatable bonds is 4. The second kappa shape index (κ2) is 5.72. The standard InChI is InChI=1S/C17H22N2O2/c1-5-17(3,4)16-13(10-18-11(2)20)15(21)12-8-6-7-9-14(12)19-16/h5-9,13,16,19H,1,10H2,2-4H3,(H,18,20). The molecular formula is C17H22N2O2. The molecular weight excluding hydrogens is 264 g/mol. The predicted octanol–water partition coefficient (Wildman–Crippen LogP) is 2.63. The molecule has 0 aromatic heterocycles. The van der Waals surface area contributed by atoms with Crippen molar-refractivity contribution >= 4 is 17.4 Å². The molecule has 1 aliphatic rings. The van der Waals surface area contributed by atoms with E-state index in [0.717, 1.165) is 5.69 Å². The molecule has 0 spiro atoms. The Kier molecular flexibility index (Phi) is 4.16. The fraction of sp³-hybridized carbons (Fsp3) is 0.412. The summed E-state index contributed by atoms with van der Waals surface area (Å²) >= 11 is 0. The van der Waals surface area contributed by atoms with Gasteiger partial charge in [0.2, 0.25) is 5.91 Å². The molecule has 2 atom stereocenters. The van der Waals surface area contributed by atoms with E-state index in [2.05, 4.69) is 17.2 Å². The van der Waals surface area contributed by atoms with Gasteiger partial charge in [-0.3, -0.25) is 9.59 Å². The summed E-state index contributed by atoms with van der Waals surface area (Å²) in [7, 11) is 0. The van der Waals surface area contributed by atoms with E-state index in [0.29, 0.717) is 12.1 Å². The average Bonchev–Trinajstić information content (AvgIpc) is 2.46. The fourth-order valence-corrected chi connectivity index (χ4v) is 2.74. The number of hydrogen-bond acceptors (Lipinski definition) is 3. The first-order valence-electron chi connectivity index (χ1n) is 7.14. The maximum Gasteiger partial charge on any atom is 0.216 e. The zero-order valence-corrected chi connectivity index (χ0v) is 12.8. The van der Waals surface area contributed by atoms with E-state index in [1.165, 1.54) is 6.92 Å². The summed E-state index contributed by atoms with van der Waals surface area (Å²) in [6, 6.07) is 7.39. The molecule has 0 saturated heterocycles. The molecule has 2 rings (SSSR count). The number of amides is 1. The monoisotopic (exact) mass is 286 g/mol. The normalized spacial score (nSPS) is 21.2. The maximum absolute atomic E-state index is 12.8. The summed E-state index contributed by atoms with van der Waals surface area (Å²) in [6.45, 7) is 9.75. The van der Waals surface area contributed by atoms with Crippen LogP contribution >= 0.6 is 0 Å². The molecule has 1 aliphatic heterocycles. The quantitative estimate of drug-likeness (QED) is 0.837. The Balaban J connectivity index is 2.39. The first-order valence-corrected chi connectivity index (χ1v) is 7.14. The Labute approximate surface area is 125 Å². The van der Waals surface area contributed by atoms with Crippen LogP contribution < -0.4 is 10.6 Å². The van der Waals surface area contributed by atoms with Crippen molar-refractivity contribution in [3.8, 4) is 0 Å². The van der Waals surface area contributed by atoms with E-state index in [1.54, 1.807) is 0 Å². The molecule has 1 amide bonds. The van der Waals surface area contributed by atoms with E-state index in [9.17, 15) is 9.59 Å². The van der Waals surface area contributed by atoms with Crippen molar-refractivity contribution in [2.45, 2.75) is 26.8 Å². The van der Waals surface area contributed by atoms with Gasteiger partial charge in [-0.1, -0.05) is 32.1 Å². The molecule has 2 N–H and O–H groups in total. The first-order chi connectivity index (χ1) is 9.86.